The van der Waals surface area contributed by atoms with Crippen molar-refractivity contribution in [3.05, 3.63) is 107 Å². The van der Waals surface area contributed by atoms with E-state index < -0.39 is 32.6 Å². The van der Waals surface area contributed by atoms with Gasteiger partial charge in [0.2, 0.25) is 0 Å². The number of hydrogen-bond acceptors (Lipinski definition) is 4. The molecule has 10 heteroatoms. The van der Waals surface area contributed by atoms with Crippen molar-refractivity contribution in [2.24, 2.45) is 0 Å². The number of quaternary nitrogens is 1. The predicted molar refractivity (Wildman–Crippen MR) is 127 cm³/mol. The Morgan fingerprint density at radius 2 is 1.53 bits per heavy atom. The minimum absolute atomic E-state index is 0.0368. The van der Waals surface area contributed by atoms with Gasteiger partial charge in [-0.3, -0.25) is 0 Å². The molecule has 3 heterocycles. The van der Waals surface area contributed by atoms with Gasteiger partial charge in [0.05, 0.1) is 0 Å². The molecule has 3 unspecified atom stereocenters. The number of hydrogen-bond donors (Lipinski definition) is 0. The maximum absolute atomic E-state index is 14.7. The number of nitrogens with zero attached hydrogens (tertiary/aromatic N) is 3. The first-order valence-electron chi connectivity index (χ1n) is 10.3. The Balaban J connectivity index is 2.09. The Kier molecular flexibility index (Phi) is 6.55. The van der Waals surface area contributed by atoms with Crippen LogP contribution in [-0.4, -0.2) is 53.7 Å². The third kappa shape index (κ3) is 4.60. The summed E-state index contributed by atoms with van der Waals surface area (Å²) in [5, 5.41) is 0. The molecule has 0 spiro atoms. The van der Waals surface area contributed by atoms with E-state index in [-0.39, 0.29) is 4.90 Å². The summed E-state index contributed by atoms with van der Waals surface area (Å²) in [5.74, 6) is 0. The van der Waals surface area contributed by atoms with Crippen LogP contribution in [0.15, 0.2) is 101 Å². The van der Waals surface area contributed by atoms with Gasteiger partial charge in [-0.25, -0.2) is 0 Å². The van der Waals surface area contributed by atoms with Gasteiger partial charge in [0.1, 0.15) is 0 Å². The molecule has 0 bridgehead atoms. The number of sulfone groups is 1. The molecule has 0 amide bonds. The number of alkyl halides is 3. The van der Waals surface area contributed by atoms with Gasteiger partial charge >= 0.3 is 205 Å². The van der Waals surface area contributed by atoms with Crippen molar-refractivity contribution in [2.75, 3.05) is 6.26 Å². The fourth-order valence-electron chi connectivity index (χ4n) is 4.40. The van der Waals surface area contributed by atoms with Crippen LogP contribution in [0.25, 0.3) is 0 Å². The molecule has 1 aliphatic rings. The fraction of sp³-hybridized carbons (Fsp3) is 0.167. The van der Waals surface area contributed by atoms with Crippen molar-refractivity contribution in [2.45, 2.75) is 23.2 Å². The van der Waals surface area contributed by atoms with Gasteiger partial charge < -0.3 is 0 Å². The Bertz CT molecular complexity index is 1290. The standard InChI is InChI=1S/C24H22AsF3N3O2S/c1-34(32,33)21-9-7-20(8-10-21)31(16-19(25)6-11-22(31)24(26,27)28)23(17-4-2-12-29-14-17)18-5-3-13-30-15-18/h2-16,22-23H,25H2,1H3/q+1. The first-order valence-corrected chi connectivity index (χ1v) is 13.4. The maximum atomic E-state index is 14.7. The van der Waals surface area contributed by atoms with Gasteiger partial charge in [0.25, 0.3) is 0 Å². The number of pyridine rings is 2. The van der Waals surface area contributed by atoms with Crippen molar-refractivity contribution in [3.8, 4) is 0 Å². The van der Waals surface area contributed by atoms with E-state index in [4.69, 9.17) is 0 Å². The van der Waals surface area contributed by atoms with Crippen LogP contribution in [-0.2, 0) is 9.84 Å². The van der Waals surface area contributed by atoms with Gasteiger partial charge in [-0.2, -0.15) is 0 Å². The van der Waals surface area contributed by atoms with Crippen molar-refractivity contribution >= 4 is 32.4 Å². The number of rotatable bonds is 5. The van der Waals surface area contributed by atoms with Crippen molar-refractivity contribution in [1.29, 1.82) is 0 Å². The summed E-state index contributed by atoms with van der Waals surface area (Å²) >= 11 is 1.19. The summed E-state index contributed by atoms with van der Waals surface area (Å²) in [4.78, 5) is 8.39. The van der Waals surface area contributed by atoms with E-state index in [0.29, 0.717) is 21.2 Å². The molecule has 0 N–H and O–H groups in total. The van der Waals surface area contributed by atoms with Crippen LogP contribution in [0.4, 0.5) is 18.9 Å². The molecule has 1 aliphatic heterocycles. The van der Waals surface area contributed by atoms with Gasteiger partial charge in [0.15, 0.2) is 0 Å². The summed E-state index contributed by atoms with van der Waals surface area (Å²) < 4.78 is 68.2. The van der Waals surface area contributed by atoms with E-state index in [2.05, 4.69) is 9.97 Å². The normalized spacial score (nSPS) is 20.9. The SMILES string of the molecule is CS(=O)(=O)c1ccc([N+]2(C(c3cccnc3)c3cccnc3)C=C([AsH2])C=CC2C(F)(F)F)cc1. The van der Waals surface area contributed by atoms with E-state index in [1.165, 1.54) is 53.3 Å². The van der Waals surface area contributed by atoms with Crippen molar-refractivity contribution < 1.29 is 21.6 Å². The molecule has 0 saturated heterocycles. The fourth-order valence-corrected chi connectivity index (χ4v) is 5.78. The van der Waals surface area contributed by atoms with Crippen LogP contribution in [0.5, 0.6) is 0 Å². The second-order valence-electron chi connectivity index (χ2n) is 8.05. The zero-order chi connectivity index (χ0) is 24.6. The van der Waals surface area contributed by atoms with Crippen LogP contribution < -0.4 is 4.48 Å². The third-order valence-electron chi connectivity index (χ3n) is 5.77. The molecule has 0 fully saturated rings. The number of halogens is 3. The van der Waals surface area contributed by atoms with E-state index in [1.54, 1.807) is 55.3 Å². The molecule has 2 aromatic heterocycles. The average molecular weight is 548 g/mol. The Labute approximate surface area is 204 Å². The zero-order valence-electron chi connectivity index (χ0n) is 18.1. The molecule has 5 nitrogen and oxygen atoms in total. The molecule has 0 saturated carbocycles. The van der Waals surface area contributed by atoms with Gasteiger partial charge in [0, 0.05) is 0 Å². The number of allylic oxidation sites excluding steroid dienone is 2. The van der Waals surface area contributed by atoms with Crippen molar-refractivity contribution in [1.82, 2.24) is 14.5 Å². The van der Waals surface area contributed by atoms with Gasteiger partial charge in [-0.15, -0.1) is 0 Å². The Hall–Kier alpha value is -2.74. The van der Waals surface area contributed by atoms with Crippen LogP contribution >= 0.6 is 0 Å². The molecule has 0 aliphatic carbocycles. The van der Waals surface area contributed by atoms with Crippen LogP contribution in [0.1, 0.15) is 17.2 Å². The van der Waals surface area contributed by atoms with Gasteiger partial charge in [-0.1, -0.05) is 0 Å². The Morgan fingerprint density at radius 3 is 1.97 bits per heavy atom. The summed E-state index contributed by atoms with van der Waals surface area (Å²) in [6, 6.07) is 9.72. The first-order chi connectivity index (χ1) is 16.0. The molecule has 34 heavy (non-hydrogen) atoms. The van der Waals surface area contributed by atoms with Crippen LogP contribution in [0, 0.1) is 0 Å². The second kappa shape index (κ2) is 9.13. The summed E-state index contributed by atoms with van der Waals surface area (Å²) in [5.41, 5.74) is 1.44. The quantitative estimate of drug-likeness (QED) is 0.358. The molecule has 3 atom stereocenters. The molecular formula is C24H22AsF3N3O2S+. The van der Waals surface area contributed by atoms with E-state index >= 15 is 0 Å². The van der Waals surface area contributed by atoms with Crippen molar-refractivity contribution in [3.63, 3.8) is 0 Å². The predicted octanol–water partition coefficient (Wildman–Crippen LogP) is 3.95. The average Bonchev–Trinajstić information content (AvgIpc) is 2.79. The summed E-state index contributed by atoms with van der Waals surface area (Å²) in [6.07, 6.45) is 7.00. The zero-order valence-corrected chi connectivity index (χ0v) is 21.3. The number of benzene rings is 1. The minimum atomic E-state index is -4.60. The van der Waals surface area contributed by atoms with Crippen LogP contribution in [0.2, 0.25) is 0 Å². The summed E-state index contributed by atoms with van der Waals surface area (Å²) in [6.45, 7) is 0. The molecule has 1 aromatic carbocycles. The monoisotopic (exact) mass is 548 g/mol. The third-order valence-corrected chi connectivity index (χ3v) is 7.61. The number of aromatic nitrogens is 2. The molecule has 3 aromatic rings. The topological polar surface area (TPSA) is 59.9 Å². The van der Waals surface area contributed by atoms with E-state index in [1.807, 2.05) is 0 Å². The summed E-state index contributed by atoms with van der Waals surface area (Å²) in [7, 11) is -3.52. The second-order valence-corrected chi connectivity index (χ2v) is 11.5. The molecule has 176 valence electrons. The van der Waals surface area contributed by atoms with E-state index in [9.17, 15) is 21.6 Å². The van der Waals surface area contributed by atoms with Gasteiger partial charge in [-0.05, 0) is 0 Å². The molecular weight excluding hydrogens is 526 g/mol. The first kappa shape index (κ1) is 24.4. The Morgan fingerprint density at radius 1 is 0.971 bits per heavy atom. The van der Waals surface area contributed by atoms with Crippen LogP contribution in [0.3, 0.4) is 0 Å². The van der Waals surface area contributed by atoms with E-state index in [0.717, 1.165) is 6.26 Å². The molecule has 4 rings (SSSR count). The molecule has 0 radical (unpaired) electrons.